The van der Waals surface area contributed by atoms with Crippen molar-refractivity contribution in [1.82, 2.24) is 4.98 Å². The number of aromatic nitrogens is 1. The molecule has 0 amide bonds. The third kappa shape index (κ3) is 4.92. The second kappa shape index (κ2) is 8.62. The lowest BCUT2D eigenvalue weighted by molar-refractivity contribution is 0.296. The van der Waals surface area contributed by atoms with Crippen LogP contribution in [-0.2, 0) is 6.42 Å². The van der Waals surface area contributed by atoms with Gasteiger partial charge in [0.1, 0.15) is 5.82 Å². The third-order valence-electron chi connectivity index (χ3n) is 5.24. The number of hydrogen-bond acceptors (Lipinski definition) is 1. The second-order valence-corrected chi connectivity index (χ2v) is 7.43. The van der Waals surface area contributed by atoms with Crippen molar-refractivity contribution in [3.05, 3.63) is 65.1 Å². The molecule has 0 N–H and O–H groups in total. The SMILES string of the molecule is CC=CC1CCC(CCc2ccc(-c3ccc(Cl)c(F)c3)nc2)CC1. The van der Waals surface area contributed by atoms with Crippen molar-refractivity contribution in [2.75, 3.05) is 0 Å². The molecular weight excluding hydrogens is 333 g/mol. The van der Waals surface area contributed by atoms with Crippen LogP contribution in [0.2, 0.25) is 5.02 Å². The molecule has 132 valence electrons. The number of halogens is 2. The van der Waals surface area contributed by atoms with Gasteiger partial charge in [-0.25, -0.2) is 4.39 Å². The Bertz CT molecular complexity index is 715. The molecule has 1 aliphatic carbocycles. The molecule has 1 aromatic carbocycles. The molecule has 1 fully saturated rings. The monoisotopic (exact) mass is 357 g/mol. The molecular formula is C22H25ClFN. The highest BCUT2D eigenvalue weighted by molar-refractivity contribution is 6.30. The quantitative estimate of drug-likeness (QED) is 0.533. The van der Waals surface area contributed by atoms with E-state index in [1.807, 2.05) is 12.3 Å². The van der Waals surface area contributed by atoms with Crippen molar-refractivity contribution in [1.29, 1.82) is 0 Å². The van der Waals surface area contributed by atoms with Crippen LogP contribution in [0.25, 0.3) is 11.3 Å². The fraction of sp³-hybridized carbons (Fsp3) is 0.409. The first-order valence-corrected chi connectivity index (χ1v) is 9.56. The zero-order valence-corrected chi connectivity index (χ0v) is 15.5. The summed E-state index contributed by atoms with van der Waals surface area (Å²) in [6, 6.07) is 8.90. The van der Waals surface area contributed by atoms with Crippen LogP contribution in [0.15, 0.2) is 48.7 Å². The lowest BCUT2D eigenvalue weighted by atomic mass is 9.79. The molecule has 1 heterocycles. The maximum absolute atomic E-state index is 13.6. The Morgan fingerprint density at radius 2 is 1.96 bits per heavy atom. The Kier molecular flexibility index (Phi) is 6.25. The maximum Gasteiger partial charge on any atom is 0.142 e. The number of aryl methyl sites for hydroxylation is 1. The molecule has 1 saturated carbocycles. The summed E-state index contributed by atoms with van der Waals surface area (Å²) in [7, 11) is 0. The number of pyridine rings is 1. The Labute approximate surface area is 154 Å². The van der Waals surface area contributed by atoms with Crippen LogP contribution in [-0.4, -0.2) is 4.98 Å². The van der Waals surface area contributed by atoms with Crippen molar-refractivity contribution in [3.63, 3.8) is 0 Å². The molecule has 1 nitrogen and oxygen atoms in total. The predicted octanol–water partition coefficient (Wildman–Crippen LogP) is 6.86. The first kappa shape index (κ1) is 18.1. The molecule has 3 rings (SSSR count). The van der Waals surface area contributed by atoms with Crippen LogP contribution < -0.4 is 0 Å². The zero-order valence-electron chi connectivity index (χ0n) is 14.7. The van der Waals surface area contributed by atoms with Gasteiger partial charge in [-0.1, -0.05) is 35.9 Å². The highest BCUT2D eigenvalue weighted by Crippen LogP contribution is 2.32. The van der Waals surface area contributed by atoms with Gasteiger partial charge < -0.3 is 0 Å². The van der Waals surface area contributed by atoms with Gasteiger partial charge in [0.15, 0.2) is 0 Å². The van der Waals surface area contributed by atoms with E-state index in [0.29, 0.717) is 0 Å². The molecule has 0 bridgehead atoms. The fourth-order valence-corrected chi connectivity index (χ4v) is 3.83. The molecule has 1 aliphatic rings. The third-order valence-corrected chi connectivity index (χ3v) is 5.54. The van der Waals surface area contributed by atoms with Crippen LogP contribution in [0.1, 0.15) is 44.6 Å². The minimum Gasteiger partial charge on any atom is -0.256 e. The van der Waals surface area contributed by atoms with E-state index in [2.05, 4.69) is 30.1 Å². The minimum absolute atomic E-state index is 0.143. The van der Waals surface area contributed by atoms with E-state index in [1.165, 1.54) is 43.7 Å². The summed E-state index contributed by atoms with van der Waals surface area (Å²) in [5.41, 5.74) is 2.80. The standard InChI is InChI=1S/C22H25ClFN/c1-2-3-16-4-6-17(7-5-16)8-9-18-10-13-22(25-15-18)19-11-12-20(23)21(24)14-19/h2-3,10-17H,4-9H2,1H3. The molecule has 25 heavy (non-hydrogen) atoms. The van der Waals surface area contributed by atoms with E-state index in [9.17, 15) is 4.39 Å². The topological polar surface area (TPSA) is 12.9 Å². The van der Waals surface area contributed by atoms with Crippen molar-refractivity contribution in [2.24, 2.45) is 11.8 Å². The van der Waals surface area contributed by atoms with E-state index in [4.69, 9.17) is 11.6 Å². The number of hydrogen-bond donors (Lipinski definition) is 0. The van der Waals surface area contributed by atoms with E-state index >= 15 is 0 Å². The van der Waals surface area contributed by atoms with Gasteiger partial charge in [-0.05, 0) is 81.0 Å². The number of benzene rings is 1. The summed E-state index contributed by atoms with van der Waals surface area (Å²) in [5, 5.41) is 0.143. The molecule has 0 radical (unpaired) electrons. The van der Waals surface area contributed by atoms with Gasteiger partial charge in [0.2, 0.25) is 0 Å². The number of rotatable bonds is 5. The summed E-state index contributed by atoms with van der Waals surface area (Å²) in [6.07, 6.45) is 14.1. The van der Waals surface area contributed by atoms with Crippen molar-refractivity contribution in [2.45, 2.75) is 45.4 Å². The summed E-state index contributed by atoms with van der Waals surface area (Å²) in [6.45, 7) is 2.11. The van der Waals surface area contributed by atoms with Gasteiger partial charge in [-0.15, -0.1) is 0 Å². The van der Waals surface area contributed by atoms with Gasteiger partial charge >= 0.3 is 0 Å². The molecule has 0 saturated heterocycles. The van der Waals surface area contributed by atoms with E-state index < -0.39 is 5.82 Å². The summed E-state index contributed by atoms with van der Waals surface area (Å²) >= 11 is 5.74. The van der Waals surface area contributed by atoms with E-state index in [0.717, 1.165) is 29.5 Å². The molecule has 1 aromatic heterocycles. The largest absolute Gasteiger partial charge is 0.256 e. The number of nitrogens with zero attached hydrogens (tertiary/aromatic N) is 1. The molecule has 0 aliphatic heterocycles. The predicted molar refractivity (Wildman–Crippen MR) is 103 cm³/mol. The molecule has 0 atom stereocenters. The van der Waals surface area contributed by atoms with Gasteiger partial charge in [0, 0.05) is 11.8 Å². The average molecular weight is 358 g/mol. The Balaban J connectivity index is 1.54. The minimum atomic E-state index is -0.404. The van der Waals surface area contributed by atoms with Crippen LogP contribution in [0.3, 0.4) is 0 Å². The van der Waals surface area contributed by atoms with Crippen LogP contribution in [0.4, 0.5) is 4.39 Å². The first-order chi connectivity index (χ1) is 12.2. The maximum atomic E-state index is 13.6. The molecule has 3 heteroatoms. The zero-order chi connectivity index (χ0) is 17.6. The van der Waals surface area contributed by atoms with Crippen LogP contribution in [0, 0.1) is 17.7 Å². The smallest absolute Gasteiger partial charge is 0.142 e. The van der Waals surface area contributed by atoms with Crippen molar-refractivity contribution < 1.29 is 4.39 Å². The Morgan fingerprint density at radius 1 is 1.16 bits per heavy atom. The van der Waals surface area contributed by atoms with Crippen molar-refractivity contribution in [3.8, 4) is 11.3 Å². The normalized spacial score (nSPS) is 20.9. The average Bonchev–Trinajstić information content (AvgIpc) is 2.64. The lowest BCUT2D eigenvalue weighted by Gasteiger charge is -2.26. The highest BCUT2D eigenvalue weighted by Gasteiger charge is 2.19. The first-order valence-electron chi connectivity index (χ1n) is 9.19. The highest BCUT2D eigenvalue weighted by atomic mass is 35.5. The Morgan fingerprint density at radius 3 is 2.60 bits per heavy atom. The van der Waals surface area contributed by atoms with Crippen LogP contribution in [0.5, 0.6) is 0 Å². The molecule has 0 unspecified atom stereocenters. The van der Waals surface area contributed by atoms with Crippen LogP contribution >= 0.6 is 11.6 Å². The van der Waals surface area contributed by atoms with Gasteiger partial charge in [0.05, 0.1) is 10.7 Å². The summed E-state index contributed by atoms with van der Waals surface area (Å²) in [5.74, 6) is 1.23. The summed E-state index contributed by atoms with van der Waals surface area (Å²) in [4.78, 5) is 4.50. The molecule has 2 aromatic rings. The Hall–Kier alpha value is -1.67. The summed E-state index contributed by atoms with van der Waals surface area (Å²) < 4.78 is 13.6. The molecule has 0 spiro atoms. The van der Waals surface area contributed by atoms with Gasteiger partial charge in [0.25, 0.3) is 0 Å². The number of allylic oxidation sites excluding steroid dienone is 2. The lowest BCUT2D eigenvalue weighted by Crippen LogP contribution is -2.13. The van der Waals surface area contributed by atoms with Gasteiger partial charge in [-0.2, -0.15) is 0 Å². The van der Waals surface area contributed by atoms with E-state index in [1.54, 1.807) is 12.1 Å². The second-order valence-electron chi connectivity index (χ2n) is 7.03. The van der Waals surface area contributed by atoms with Crippen molar-refractivity contribution >= 4 is 11.6 Å². The van der Waals surface area contributed by atoms with Gasteiger partial charge in [-0.3, -0.25) is 4.98 Å². The van der Waals surface area contributed by atoms with E-state index in [-0.39, 0.29) is 5.02 Å². The fourth-order valence-electron chi connectivity index (χ4n) is 3.71.